The van der Waals surface area contributed by atoms with E-state index in [-0.39, 0.29) is 19.1 Å². The maximum atomic E-state index is 10.6. The van der Waals surface area contributed by atoms with E-state index in [9.17, 15) is 20.2 Å². The summed E-state index contributed by atoms with van der Waals surface area (Å²) in [4.78, 5) is 22.7. The van der Waals surface area contributed by atoms with Gasteiger partial charge in [0.2, 0.25) is 0 Å². The molecule has 1 aromatic heterocycles. The Balaban J connectivity index is 3.09. The molecule has 9 heteroatoms. The minimum atomic E-state index is -0.841. The molecule has 9 nitrogen and oxygen atoms in total. The van der Waals surface area contributed by atoms with E-state index < -0.39 is 21.2 Å². The second-order valence-corrected chi connectivity index (χ2v) is 2.60. The van der Waals surface area contributed by atoms with Gasteiger partial charge in [-0.05, 0) is 0 Å². The molecule has 1 rings (SSSR count). The van der Waals surface area contributed by atoms with Crippen LogP contribution < -0.4 is 4.74 Å². The van der Waals surface area contributed by atoms with Gasteiger partial charge in [0.05, 0.1) is 16.5 Å². The molecular formula is C7H7N3O6. The number of nitrogens with zero attached hydrogens (tertiary/aromatic N) is 3. The molecule has 0 saturated heterocycles. The van der Waals surface area contributed by atoms with Gasteiger partial charge < -0.3 is 9.84 Å². The molecule has 0 radical (unpaired) electrons. The van der Waals surface area contributed by atoms with Crippen LogP contribution in [0.2, 0.25) is 0 Å². The smallest absolute Gasteiger partial charge is 0.337 e. The molecule has 0 saturated carbocycles. The zero-order chi connectivity index (χ0) is 12.1. The Kier molecular flexibility index (Phi) is 3.67. The van der Waals surface area contributed by atoms with Crippen LogP contribution in [-0.2, 0) is 0 Å². The number of ether oxygens (including phenoxy) is 1. The topological polar surface area (TPSA) is 129 Å². The first-order valence-electron chi connectivity index (χ1n) is 4.08. The van der Waals surface area contributed by atoms with Crippen LogP contribution in [0, 0.1) is 20.2 Å². The van der Waals surface area contributed by atoms with Crippen LogP contribution in [0.4, 0.5) is 11.4 Å². The third-order valence-corrected chi connectivity index (χ3v) is 1.56. The summed E-state index contributed by atoms with van der Waals surface area (Å²) in [7, 11) is 0. The summed E-state index contributed by atoms with van der Waals surface area (Å²) in [5, 5.41) is 29.4. The zero-order valence-corrected chi connectivity index (χ0v) is 7.90. The van der Waals surface area contributed by atoms with Crippen molar-refractivity contribution in [2.45, 2.75) is 0 Å². The van der Waals surface area contributed by atoms with E-state index in [0.717, 1.165) is 12.3 Å². The van der Waals surface area contributed by atoms with Crippen LogP contribution in [0.15, 0.2) is 12.3 Å². The molecule has 0 atom stereocenters. The molecule has 0 aromatic carbocycles. The number of hydrogen-bond donors (Lipinski definition) is 1. The molecule has 0 unspecified atom stereocenters. The molecule has 0 aliphatic rings. The van der Waals surface area contributed by atoms with Crippen molar-refractivity contribution in [1.82, 2.24) is 4.98 Å². The normalized spacial score (nSPS) is 9.81. The summed E-state index contributed by atoms with van der Waals surface area (Å²) in [6.07, 6.45) is 0.847. The maximum absolute atomic E-state index is 10.6. The molecule has 0 aliphatic carbocycles. The lowest BCUT2D eigenvalue weighted by Gasteiger charge is -2.02. The molecule has 1 heterocycles. The molecule has 1 N–H and O–H groups in total. The SMILES string of the molecule is O=[N+]([O-])c1cnc(OCCO)c([N+](=O)[O-])c1. The number of nitro groups is 2. The molecular weight excluding hydrogens is 222 g/mol. The molecule has 0 fully saturated rings. The standard InChI is InChI=1S/C7H7N3O6/c11-1-2-16-7-6(10(14)15)3-5(4-8-7)9(12)13/h3-4,11H,1-2H2. The van der Waals surface area contributed by atoms with Gasteiger partial charge in [0, 0.05) is 0 Å². The second-order valence-electron chi connectivity index (χ2n) is 2.60. The van der Waals surface area contributed by atoms with E-state index in [4.69, 9.17) is 9.84 Å². The number of aliphatic hydroxyl groups is 1. The molecule has 86 valence electrons. The predicted molar refractivity (Wildman–Crippen MR) is 50.1 cm³/mol. The van der Waals surface area contributed by atoms with Crippen molar-refractivity contribution in [2.75, 3.05) is 13.2 Å². The Morgan fingerprint density at radius 2 is 2.06 bits per heavy atom. The lowest BCUT2D eigenvalue weighted by molar-refractivity contribution is -0.395. The highest BCUT2D eigenvalue weighted by molar-refractivity contribution is 5.48. The molecule has 1 aromatic rings. The lowest BCUT2D eigenvalue weighted by Crippen LogP contribution is -2.06. The van der Waals surface area contributed by atoms with Gasteiger partial charge in [0.25, 0.3) is 11.6 Å². The molecule has 0 aliphatic heterocycles. The first-order valence-corrected chi connectivity index (χ1v) is 4.08. The zero-order valence-electron chi connectivity index (χ0n) is 7.90. The summed E-state index contributed by atoms with van der Waals surface area (Å²) < 4.78 is 4.76. The van der Waals surface area contributed by atoms with E-state index in [0.29, 0.717) is 0 Å². The van der Waals surface area contributed by atoms with E-state index in [1.54, 1.807) is 0 Å². The van der Waals surface area contributed by atoms with Gasteiger partial charge in [-0.2, -0.15) is 0 Å². The van der Waals surface area contributed by atoms with Crippen LogP contribution >= 0.6 is 0 Å². The maximum Gasteiger partial charge on any atom is 0.337 e. The first-order chi connectivity index (χ1) is 7.56. The molecule has 0 amide bonds. The van der Waals surface area contributed by atoms with Gasteiger partial charge in [-0.25, -0.2) is 4.98 Å². The van der Waals surface area contributed by atoms with Gasteiger partial charge in [-0.3, -0.25) is 20.2 Å². The highest BCUT2D eigenvalue weighted by Gasteiger charge is 2.22. The third-order valence-electron chi connectivity index (χ3n) is 1.56. The highest BCUT2D eigenvalue weighted by Crippen LogP contribution is 2.27. The van der Waals surface area contributed by atoms with E-state index in [1.165, 1.54) is 0 Å². The van der Waals surface area contributed by atoms with Crippen molar-refractivity contribution in [1.29, 1.82) is 0 Å². The summed E-state index contributed by atoms with van der Waals surface area (Å²) in [5.41, 5.74) is -1.11. The van der Waals surface area contributed by atoms with Crippen LogP contribution in [0.5, 0.6) is 5.88 Å². The Hall–Kier alpha value is -2.29. The Bertz CT molecular complexity index is 421. The van der Waals surface area contributed by atoms with Crippen molar-refractivity contribution in [3.63, 3.8) is 0 Å². The predicted octanol–water partition coefficient (Wildman–Crippen LogP) is 0.269. The van der Waals surface area contributed by atoms with Crippen molar-refractivity contribution >= 4 is 11.4 Å². The van der Waals surface area contributed by atoms with Gasteiger partial charge in [0.15, 0.2) is 0 Å². The number of aliphatic hydroxyl groups excluding tert-OH is 1. The van der Waals surface area contributed by atoms with Gasteiger partial charge >= 0.3 is 5.69 Å². The van der Waals surface area contributed by atoms with Gasteiger partial charge in [0.1, 0.15) is 18.9 Å². The fraction of sp³-hybridized carbons (Fsp3) is 0.286. The van der Waals surface area contributed by atoms with Crippen molar-refractivity contribution in [2.24, 2.45) is 0 Å². The Morgan fingerprint density at radius 1 is 1.38 bits per heavy atom. The highest BCUT2D eigenvalue weighted by atomic mass is 16.6. The van der Waals surface area contributed by atoms with E-state index in [2.05, 4.69) is 4.98 Å². The summed E-state index contributed by atoms with van der Waals surface area (Å²) >= 11 is 0. The quantitative estimate of drug-likeness (QED) is 0.566. The van der Waals surface area contributed by atoms with Crippen molar-refractivity contribution in [3.8, 4) is 5.88 Å². The minimum Gasteiger partial charge on any atom is -0.470 e. The average molecular weight is 229 g/mol. The average Bonchev–Trinajstić information content (AvgIpc) is 2.25. The third kappa shape index (κ3) is 2.60. The van der Waals surface area contributed by atoms with Crippen LogP contribution in [0.1, 0.15) is 0 Å². The lowest BCUT2D eigenvalue weighted by atomic mass is 10.3. The van der Waals surface area contributed by atoms with Crippen molar-refractivity contribution < 1.29 is 19.7 Å². The summed E-state index contributed by atoms with van der Waals surface area (Å²) in [6, 6.07) is 0.750. The monoisotopic (exact) mass is 229 g/mol. The largest absolute Gasteiger partial charge is 0.470 e. The van der Waals surface area contributed by atoms with Gasteiger partial charge in [-0.15, -0.1) is 0 Å². The molecule has 0 bridgehead atoms. The van der Waals surface area contributed by atoms with E-state index in [1.807, 2.05) is 0 Å². The minimum absolute atomic E-state index is 0.175. The second kappa shape index (κ2) is 4.98. The fourth-order valence-corrected chi connectivity index (χ4v) is 0.914. The number of hydrogen-bond acceptors (Lipinski definition) is 7. The Morgan fingerprint density at radius 3 is 2.56 bits per heavy atom. The molecule has 0 spiro atoms. The summed E-state index contributed by atoms with van der Waals surface area (Å²) in [5.74, 6) is -0.357. The van der Waals surface area contributed by atoms with Crippen LogP contribution in [-0.4, -0.2) is 33.2 Å². The molecule has 16 heavy (non-hydrogen) atoms. The van der Waals surface area contributed by atoms with Crippen LogP contribution in [0.3, 0.4) is 0 Å². The van der Waals surface area contributed by atoms with Crippen molar-refractivity contribution in [3.05, 3.63) is 32.5 Å². The Labute approximate surface area is 88.6 Å². The van der Waals surface area contributed by atoms with E-state index >= 15 is 0 Å². The number of rotatable bonds is 5. The number of aromatic nitrogens is 1. The fourth-order valence-electron chi connectivity index (χ4n) is 0.914. The summed E-state index contributed by atoms with van der Waals surface area (Å²) in [6.45, 7) is -0.512. The first kappa shape index (κ1) is 11.8. The number of pyridine rings is 1. The van der Waals surface area contributed by atoms with Gasteiger partial charge in [-0.1, -0.05) is 0 Å². The van der Waals surface area contributed by atoms with Crippen LogP contribution in [0.25, 0.3) is 0 Å².